The molecule has 5 nitrogen and oxygen atoms in total. The maximum atomic E-state index is 5.52. The van der Waals surface area contributed by atoms with E-state index in [4.69, 9.17) is 9.72 Å². The number of imidazole rings is 1. The van der Waals surface area contributed by atoms with Gasteiger partial charge in [0, 0.05) is 31.7 Å². The van der Waals surface area contributed by atoms with Crippen LogP contribution in [0.2, 0.25) is 0 Å². The third-order valence-electron chi connectivity index (χ3n) is 3.50. The largest absolute Gasteiger partial charge is 0.379 e. The van der Waals surface area contributed by atoms with E-state index in [9.17, 15) is 0 Å². The first-order chi connectivity index (χ1) is 9.38. The highest BCUT2D eigenvalue weighted by Crippen LogP contribution is 2.17. The Hall–Kier alpha value is -1.46. The summed E-state index contributed by atoms with van der Waals surface area (Å²) in [4.78, 5) is 8.89. The van der Waals surface area contributed by atoms with Crippen LogP contribution >= 0.6 is 0 Å². The normalized spacial score (nSPS) is 19.9. The number of ether oxygens (including phenoxy) is 1. The van der Waals surface area contributed by atoms with E-state index in [1.165, 1.54) is 5.52 Å². The number of pyridine rings is 1. The summed E-state index contributed by atoms with van der Waals surface area (Å²) in [6, 6.07) is 2.42. The van der Waals surface area contributed by atoms with Crippen LogP contribution < -0.4 is 5.32 Å². The van der Waals surface area contributed by atoms with Crippen molar-refractivity contribution in [1.29, 1.82) is 0 Å². The van der Waals surface area contributed by atoms with E-state index in [-0.39, 0.29) is 0 Å². The molecular weight excluding hydrogens is 240 g/mol. The topological polar surface area (TPSA) is 52.0 Å². The Bertz CT molecular complexity index is 545. The summed E-state index contributed by atoms with van der Waals surface area (Å²) in [7, 11) is 0. The van der Waals surface area contributed by atoms with Crippen molar-refractivity contribution in [2.45, 2.75) is 32.4 Å². The molecule has 3 heterocycles. The van der Waals surface area contributed by atoms with Crippen molar-refractivity contribution >= 4 is 11.0 Å². The maximum Gasteiger partial charge on any atom is 0.111 e. The molecule has 19 heavy (non-hydrogen) atoms. The third-order valence-corrected chi connectivity index (χ3v) is 3.50. The van der Waals surface area contributed by atoms with Crippen molar-refractivity contribution in [3.63, 3.8) is 0 Å². The van der Waals surface area contributed by atoms with E-state index in [0.717, 1.165) is 50.5 Å². The van der Waals surface area contributed by atoms with E-state index >= 15 is 0 Å². The van der Waals surface area contributed by atoms with E-state index in [2.05, 4.69) is 21.8 Å². The molecule has 1 aliphatic rings. The van der Waals surface area contributed by atoms with Crippen LogP contribution in [0, 0.1) is 0 Å². The van der Waals surface area contributed by atoms with Gasteiger partial charge in [-0.2, -0.15) is 0 Å². The number of fused-ring (bicyclic) bond motifs is 1. The van der Waals surface area contributed by atoms with Crippen LogP contribution in [0.3, 0.4) is 0 Å². The molecule has 1 aliphatic heterocycles. The van der Waals surface area contributed by atoms with Gasteiger partial charge in [0.2, 0.25) is 0 Å². The minimum atomic E-state index is 0.370. The molecule has 0 aromatic carbocycles. The number of aryl methyl sites for hydroxylation is 1. The van der Waals surface area contributed by atoms with Crippen LogP contribution in [-0.4, -0.2) is 40.3 Å². The predicted octanol–water partition coefficient (Wildman–Crippen LogP) is 1.37. The molecule has 0 spiro atoms. The number of rotatable bonds is 4. The lowest BCUT2D eigenvalue weighted by atomic mass is 10.2. The molecule has 2 aromatic rings. The summed E-state index contributed by atoms with van der Waals surface area (Å²) in [5.41, 5.74) is 2.17. The molecule has 1 fully saturated rings. The first kappa shape index (κ1) is 12.6. The van der Waals surface area contributed by atoms with E-state index < -0.39 is 0 Å². The van der Waals surface area contributed by atoms with E-state index in [0.29, 0.717) is 6.04 Å². The SMILES string of the molecule is CCCn1c(CC2COCCN2)nc2cnccc21. The molecule has 0 aliphatic carbocycles. The highest BCUT2D eigenvalue weighted by Gasteiger charge is 2.18. The first-order valence-corrected chi connectivity index (χ1v) is 6.98. The van der Waals surface area contributed by atoms with Crippen molar-refractivity contribution in [1.82, 2.24) is 19.9 Å². The Morgan fingerprint density at radius 1 is 1.53 bits per heavy atom. The summed E-state index contributed by atoms with van der Waals surface area (Å²) in [6.07, 6.45) is 5.70. The van der Waals surface area contributed by atoms with Gasteiger partial charge >= 0.3 is 0 Å². The van der Waals surface area contributed by atoms with Crippen molar-refractivity contribution in [3.8, 4) is 0 Å². The fraction of sp³-hybridized carbons (Fsp3) is 0.571. The standard InChI is InChI=1S/C14H20N4O/c1-2-6-18-13-3-4-15-9-12(13)17-14(18)8-11-10-19-7-5-16-11/h3-4,9,11,16H,2,5-8,10H2,1H3. The Balaban J connectivity index is 1.90. The average Bonchev–Trinajstić information content (AvgIpc) is 2.79. The van der Waals surface area contributed by atoms with Gasteiger partial charge in [-0.05, 0) is 12.5 Å². The second-order valence-electron chi connectivity index (χ2n) is 4.97. The van der Waals surface area contributed by atoms with Crippen LogP contribution in [0.15, 0.2) is 18.5 Å². The predicted molar refractivity (Wildman–Crippen MR) is 74.1 cm³/mol. The van der Waals surface area contributed by atoms with Crippen molar-refractivity contribution in [2.75, 3.05) is 19.8 Å². The Kier molecular flexibility index (Phi) is 3.75. The highest BCUT2D eigenvalue weighted by molar-refractivity contribution is 5.74. The lowest BCUT2D eigenvalue weighted by molar-refractivity contribution is 0.0761. The zero-order valence-corrected chi connectivity index (χ0v) is 11.3. The smallest absolute Gasteiger partial charge is 0.111 e. The number of hydrogen-bond acceptors (Lipinski definition) is 4. The lowest BCUT2D eigenvalue weighted by Gasteiger charge is -2.23. The van der Waals surface area contributed by atoms with Crippen LogP contribution in [0.1, 0.15) is 19.2 Å². The molecule has 0 radical (unpaired) electrons. The average molecular weight is 260 g/mol. The summed E-state index contributed by atoms with van der Waals surface area (Å²) < 4.78 is 7.83. The minimum Gasteiger partial charge on any atom is -0.379 e. The molecule has 1 saturated heterocycles. The van der Waals surface area contributed by atoms with Crippen LogP contribution in [0.5, 0.6) is 0 Å². The lowest BCUT2D eigenvalue weighted by Crippen LogP contribution is -2.43. The zero-order chi connectivity index (χ0) is 13.1. The summed E-state index contributed by atoms with van der Waals surface area (Å²) in [5, 5.41) is 3.49. The molecule has 1 atom stereocenters. The van der Waals surface area contributed by atoms with Gasteiger partial charge in [0.25, 0.3) is 0 Å². The molecule has 3 rings (SSSR count). The van der Waals surface area contributed by atoms with Gasteiger partial charge in [-0.25, -0.2) is 4.98 Å². The molecule has 1 unspecified atom stereocenters. The van der Waals surface area contributed by atoms with Gasteiger partial charge in [-0.15, -0.1) is 0 Å². The molecule has 0 saturated carbocycles. The Morgan fingerprint density at radius 2 is 2.47 bits per heavy atom. The number of nitrogens with zero attached hydrogens (tertiary/aromatic N) is 3. The molecule has 102 valence electrons. The maximum absolute atomic E-state index is 5.52. The Morgan fingerprint density at radius 3 is 3.26 bits per heavy atom. The first-order valence-electron chi connectivity index (χ1n) is 6.98. The molecule has 5 heteroatoms. The number of hydrogen-bond donors (Lipinski definition) is 1. The second kappa shape index (κ2) is 5.67. The van der Waals surface area contributed by atoms with Gasteiger partial charge in [-0.3, -0.25) is 4.98 Å². The van der Waals surface area contributed by atoms with Gasteiger partial charge in [-0.1, -0.05) is 6.92 Å². The number of aromatic nitrogens is 3. The van der Waals surface area contributed by atoms with Crippen LogP contribution in [-0.2, 0) is 17.7 Å². The minimum absolute atomic E-state index is 0.370. The van der Waals surface area contributed by atoms with Crippen LogP contribution in [0.25, 0.3) is 11.0 Å². The van der Waals surface area contributed by atoms with E-state index in [1.807, 2.05) is 18.5 Å². The van der Waals surface area contributed by atoms with Gasteiger partial charge in [0.05, 0.1) is 24.9 Å². The van der Waals surface area contributed by atoms with Gasteiger partial charge in [0.15, 0.2) is 0 Å². The molecule has 2 aromatic heterocycles. The monoisotopic (exact) mass is 260 g/mol. The van der Waals surface area contributed by atoms with Crippen molar-refractivity contribution < 1.29 is 4.74 Å². The molecule has 1 N–H and O–H groups in total. The van der Waals surface area contributed by atoms with Gasteiger partial charge < -0.3 is 14.6 Å². The summed E-state index contributed by atoms with van der Waals surface area (Å²) in [5.74, 6) is 1.13. The van der Waals surface area contributed by atoms with Crippen molar-refractivity contribution in [2.24, 2.45) is 0 Å². The van der Waals surface area contributed by atoms with Gasteiger partial charge in [0.1, 0.15) is 11.3 Å². The number of morpholine rings is 1. The Labute approximate surface area is 113 Å². The fourth-order valence-electron chi connectivity index (χ4n) is 2.63. The summed E-state index contributed by atoms with van der Waals surface area (Å²) >= 11 is 0. The quantitative estimate of drug-likeness (QED) is 0.902. The van der Waals surface area contributed by atoms with E-state index in [1.54, 1.807) is 0 Å². The summed E-state index contributed by atoms with van der Waals surface area (Å²) in [6.45, 7) is 5.71. The number of nitrogens with one attached hydrogen (secondary N) is 1. The highest BCUT2D eigenvalue weighted by atomic mass is 16.5. The van der Waals surface area contributed by atoms with Crippen molar-refractivity contribution in [3.05, 3.63) is 24.3 Å². The third kappa shape index (κ3) is 2.62. The second-order valence-corrected chi connectivity index (χ2v) is 4.97. The van der Waals surface area contributed by atoms with Crippen LogP contribution in [0.4, 0.5) is 0 Å². The fourth-order valence-corrected chi connectivity index (χ4v) is 2.63. The zero-order valence-electron chi connectivity index (χ0n) is 11.3. The molecular formula is C14H20N4O. The molecule has 0 amide bonds. The molecule has 0 bridgehead atoms.